The predicted molar refractivity (Wildman–Crippen MR) is 54.1 cm³/mol. The second-order valence-corrected chi connectivity index (χ2v) is 4.86. The van der Waals surface area contributed by atoms with Crippen molar-refractivity contribution in [2.45, 2.75) is 37.7 Å². The average molecular weight is 208 g/mol. The van der Waals surface area contributed by atoms with E-state index in [-0.39, 0.29) is 5.41 Å². The molecule has 0 amide bonds. The van der Waals surface area contributed by atoms with Crippen LogP contribution in [0.3, 0.4) is 0 Å². The van der Waals surface area contributed by atoms with Crippen molar-refractivity contribution < 1.29 is 9.63 Å². The third-order valence-electron chi connectivity index (χ3n) is 4.13. The Balaban J connectivity index is 2.08. The van der Waals surface area contributed by atoms with Crippen molar-refractivity contribution in [3.8, 4) is 0 Å². The Morgan fingerprint density at radius 1 is 1.47 bits per heavy atom. The van der Waals surface area contributed by atoms with Crippen molar-refractivity contribution in [3.05, 3.63) is 17.5 Å². The third-order valence-corrected chi connectivity index (χ3v) is 4.13. The van der Waals surface area contributed by atoms with Crippen LogP contribution in [0.15, 0.2) is 10.7 Å². The number of nitrogens with zero attached hydrogens (tertiary/aromatic N) is 1. The topological polar surface area (TPSA) is 72.3 Å². The molecule has 0 aromatic carbocycles. The van der Waals surface area contributed by atoms with Gasteiger partial charge in [0, 0.05) is 11.0 Å². The second-order valence-electron chi connectivity index (χ2n) is 4.86. The van der Waals surface area contributed by atoms with Crippen LogP contribution in [0, 0.1) is 5.41 Å². The summed E-state index contributed by atoms with van der Waals surface area (Å²) in [6, 6.07) is 0. The van der Waals surface area contributed by atoms with Gasteiger partial charge in [0.05, 0.1) is 6.20 Å². The fraction of sp³-hybridized carbons (Fsp3) is 0.727. The zero-order valence-corrected chi connectivity index (χ0v) is 8.70. The van der Waals surface area contributed by atoms with Crippen molar-refractivity contribution in [2.24, 2.45) is 11.1 Å². The minimum atomic E-state index is -0.855. The first-order chi connectivity index (χ1) is 7.22. The summed E-state index contributed by atoms with van der Waals surface area (Å²) in [5.74, 6) is 0.678. The molecule has 4 heteroatoms. The Hall–Kier alpha value is -0.870. The standard InChI is InChI=1S/C11H16N2O2/c12-6-5-11(14)9-8(7-13-15-9)1-2-10(11)3-4-10/h7,14H,1-6,12H2. The molecule has 1 fully saturated rings. The summed E-state index contributed by atoms with van der Waals surface area (Å²) in [6.07, 6.45) is 6.50. The van der Waals surface area contributed by atoms with E-state index in [1.165, 1.54) is 0 Å². The molecule has 1 heterocycles. The minimum Gasteiger partial charge on any atom is -0.381 e. The lowest BCUT2D eigenvalue weighted by atomic mass is 9.71. The van der Waals surface area contributed by atoms with E-state index < -0.39 is 5.60 Å². The highest BCUT2D eigenvalue weighted by Crippen LogP contribution is 2.64. The summed E-state index contributed by atoms with van der Waals surface area (Å²) >= 11 is 0. The van der Waals surface area contributed by atoms with E-state index in [0.29, 0.717) is 18.7 Å². The normalized spacial score (nSPS) is 31.6. The Bertz CT molecular complexity index is 384. The van der Waals surface area contributed by atoms with E-state index in [2.05, 4.69) is 5.16 Å². The molecule has 1 atom stereocenters. The van der Waals surface area contributed by atoms with Crippen LogP contribution in [0.5, 0.6) is 0 Å². The number of hydrogen-bond acceptors (Lipinski definition) is 4. The van der Waals surface area contributed by atoms with E-state index >= 15 is 0 Å². The lowest BCUT2D eigenvalue weighted by molar-refractivity contribution is -0.0764. The SMILES string of the molecule is NCCC1(O)c2oncc2CCC12CC2. The molecule has 82 valence electrons. The zero-order chi connectivity index (χ0) is 10.5. The van der Waals surface area contributed by atoms with Gasteiger partial charge in [-0.1, -0.05) is 5.16 Å². The summed E-state index contributed by atoms with van der Waals surface area (Å²) in [7, 11) is 0. The molecule has 0 aliphatic heterocycles. The lowest BCUT2D eigenvalue weighted by Gasteiger charge is -2.38. The van der Waals surface area contributed by atoms with Gasteiger partial charge in [-0.15, -0.1) is 0 Å². The van der Waals surface area contributed by atoms with Gasteiger partial charge in [-0.25, -0.2) is 0 Å². The molecule has 0 bridgehead atoms. The smallest absolute Gasteiger partial charge is 0.172 e. The highest BCUT2D eigenvalue weighted by atomic mass is 16.5. The van der Waals surface area contributed by atoms with Gasteiger partial charge in [-0.2, -0.15) is 0 Å². The molecule has 2 aliphatic carbocycles. The van der Waals surface area contributed by atoms with Crippen LogP contribution in [-0.4, -0.2) is 16.8 Å². The lowest BCUT2D eigenvalue weighted by Crippen LogP contribution is -2.42. The van der Waals surface area contributed by atoms with E-state index in [1.54, 1.807) is 6.20 Å². The van der Waals surface area contributed by atoms with Crippen LogP contribution < -0.4 is 5.73 Å². The molecule has 3 N–H and O–H groups in total. The van der Waals surface area contributed by atoms with Gasteiger partial charge in [-0.3, -0.25) is 0 Å². The first kappa shape index (κ1) is 9.36. The van der Waals surface area contributed by atoms with Crippen LogP contribution in [-0.2, 0) is 12.0 Å². The van der Waals surface area contributed by atoms with Gasteiger partial charge >= 0.3 is 0 Å². The molecule has 2 aliphatic rings. The quantitative estimate of drug-likeness (QED) is 0.758. The molecule has 4 nitrogen and oxygen atoms in total. The zero-order valence-electron chi connectivity index (χ0n) is 8.70. The van der Waals surface area contributed by atoms with Gasteiger partial charge in [0.1, 0.15) is 5.60 Å². The first-order valence-corrected chi connectivity index (χ1v) is 5.58. The number of nitrogens with two attached hydrogens (primary N) is 1. The molecule has 0 radical (unpaired) electrons. The van der Waals surface area contributed by atoms with Gasteiger partial charge in [0.2, 0.25) is 0 Å². The predicted octanol–water partition coefficient (Wildman–Crippen LogP) is 0.937. The van der Waals surface area contributed by atoms with Gasteiger partial charge < -0.3 is 15.4 Å². The van der Waals surface area contributed by atoms with E-state index in [4.69, 9.17) is 10.3 Å². The number of rotatable bonds is 2. The number of fused-ring (bicyclic) bond motifs is 1. The van der Waals surface area contributed by atoms with Crippen LogP contribution in [0.25, 0.3) is 0 Å². The molecule has 1 aromatic heterocycles. The number of aromatic nitrogens is 1. The molecule has 0 saturated heterocycles. The van der Waals surface area contributed by atoms with Crippen molar-refractivity contribution in [1.82, 2.24) is 5.16 Å². The molecule has 1 aromatic rings. The molecule has 1 spiro atoms. The molecular formula is C11H16N2O2. The summed E-state index contributed by atoms with van der Waals surface area (Å²) in [5, 5.41) is 14.6. The molecular weight excluding hydrogens is 192 g/mol. The molecule has 1 unspecified atom stereocenters. The van der Waals surface area contributed by atoms with Crippen LogP contribution in [0.1, 0.15) is 37.0 Å². The minimum absolute atomic E-state index is 0.0406. The van der Waals surface area contributed by atoms with Crippen molar-refractivity contribution in [1.29, 1.82) is 0 Å². The number of hydrogen-bond donors (Lipinski definition) is 2. The Morgan fingerprint density at radius 2 is 2.27 bits per heavy atom. The summed E-state index contributed by atoms with van der Waals surface area (Å²) in [4.78, 5) is 0. The largest absolute Gasteiger partial charge is 0.381 e. The van der Waals surface area contributed by atoms with Crippen molar-refractivity contribution in [3.63, 3.8) is 0 Å². The van der Waals surface area contributed by atoms with Gasteiger partial charge in [0.15, 0.2) is 5.76 Å². The second kappa shape index (κ2) is 2.83. The monoisotopic (exact) mass is 208 g/mol. The number of aryl methyl sites for hydroxylation is 1. The van der Waals surface area contributed by atoms with Crippen molar-refractivity contribution in [2.75, 3.05) is 6.54 Å². The van der Waals surface area contributed by atoms with Crippen LogP contribution >= 0.6 is 0 Å². The van der Waals surface area contributed by atoms with E-state index in [0.717, 1.165) is 31.2 Å². The van der Waals surface area contributed by atoms with E-state index in [9.17, 15) is 5.11 Å². The van der Waals surface area contributed by atoms with Gasteiger partial charge in [0.25, 0.3) is 0 Å². The molecule has 1 saturated carbocycles. The maximum atomic E-state index is 10.8. The number of aliphatic hydroxyl groups is 1. The van der Waals surface area contributed by atoms with Crippen LogP contribution in [0.2, 0.25) is 0 Å². The Morgan fingerprint density at radius 3 is 2.93 bits per heavy atom. The van der Waals surface area contributed by atoms with E-state index in [1.807, 2.05) is 0 Å². The highest BCUT2D eigenvalue weighted by Gasteiger charge is 2.62. The summed E-state index contributed by atoms with van der Waals surface area (Å²) in [5.41, 5.74) is 5.84. The van der Waals surface area contributed by atoms with Crippen LogP contribution in [0.4, 0.5) is 0 Å². The average Bonchev–Trinajstić information content (AvgIpc) is 2.84. The maximum Gasteiger partial charge on any atom is 0.172 e. The summed E-state index contributed by atoms with van der Waals surface area (Å²) in [6.45, 7) is 0.485. The highest BCUT2D eigenvalue weighted by molar-refractivity contribution is 5.31. The summed E-state index contributed by atoms with van der Waals surface area (Å²) < 4.78 is 5.24. The fourth-order valence-electron chi connectivity index (χ4n) is 3.00. The van der Waals surface area contributed by atoms with Gasteiger partial charge in [-0.05, 0) is 38.6 Å². The van der Waals surface area contributed by atoms with Crippen molar-refractivity contribution >= 4 is 0 Å². The Kier molecular flexibility index (Phi) is 1.77. The third kappa shape index (κ3) is 1.06. The fourth-order valence-corrected chi connectivity index (χ4v) is 3.00. The first-order valence-electron chi connectivity index (χ1n) is 5.58. The molecule has 3 rings (SSSR count). The maximum absolute atomic E-state index is 10.8. The molecule has 15 heavy (non-hydrogen) atoms. The Labute approximate surface area is 88.4 Å².